The van der Waals surface area contributed by atoms with Crippen LogP contribution < -0.4 is 0 Å². The third-order valence-electron chi connectivity index (χ3n) is 3.43. The van der Waals surface area contributed by atoms with E-state index in [0.29, 0.717) is 0 Å². The number of fused-ring (bicyclic) bond motifs is 1. The Hall–Kier alpha value is 0.560. The third kappa shape index (κ3) is 2.78. The normalized spacial score (nSPS) is 37.6. The highest BCUT2D eigenvalue weighted by atomic mass is 127. The van der Waals surface area contributed by atoms with Gasteiger partial charge < -0.3 is 4.65 Å². The summed E-state index contributed by atoms with van der Waals surface area (Å²) in [5.41, 5.74) is 0. The van der Waals surface area contributed by atoms with E-state index in [2.05, 4.69) is 34.5 Å². The molecule has 4 heteroatoms. The van der Waals surface area contributed by atoms with E-state index in [0.717, 1.165) is 24.4 Å². The number of hydrogen-bond acceptors (Lipinski definition) is 1. The molecule has 3 unspecified atom stereocenters. The Morgan fingerprint density at radius 2 is 2.29 bits per heavy atom. The molecule has 0 spiro atoms. The highest BCUT2D eigenvalue weighted by Gasteiger charge is 2.48. The van der Waals surface area contributed by atoms with Crippen molar-refractivity contribution >= 4 is 34.8 Å². The lowest BCUT2D eigenvalue weighted by Crippen LogP contribution is -2.07. The molecular weight excluding hydrogens is 285 g/mol. The molecule has 0 aromatic carbocycles. The predicted molar refractivity (Wildman–Crippen MR) is 69.6 cm³/mol. The molecule has 0 heterocycles. The molecule has 2 radical (unpaired) electrons. The van der Waals surface area contributed by atoms with Gasteiger partial charge in [-0.3, -0.25) is 0 Å². The average Bonchev–Trinajstić information content (AvgIpc) is 2.76. The zero-order chi connectivity index (χ0) is 9.80. The first-order valence-electron chi connectivity index (χ1n) is 5.45. The van der Waals surface area contributed by atoms with Crippen LogP contribution >= 0.6 is 22.4 Å². The van der Waals surface area contributed by atoms with Gasteiger partial charge >= 0.3 is 0 Å². The highest BCUT2D eigenvalue weighted by molar-refractivity contribution is 14.1. The predicted octanol–water partition coefficient (Wildman–Crippen LogP) is 2.58. The van der Waals surface area contributed by atoms with Gasteiger partial charge in [-0.1, -0.05) is 12.2 Å². The average molecular weight is 300 g/mol. The number of halogens is 1. The second-order valence-electron chi connectivity index (χ2n) is 4.22. The van der Waals surface area contributed by atoms with Crippen molar-refractivity contribution in [1.29, 1.82) is 0 Å². The van der Waals surface area contributed by atoms with Crippen molar-refractivity contribution in [2.75, 3.05) is 6.61 Å². The molecule has 2 aliphatic rings. The lowest BCUT2D eigenvalue weighted by atomic mass is 9.72. The fourth-order valence-corrected chi connectivity index (χ4v) is 2.80. The van der Waals surface area contributed by atoms with Gasteiger partial charge in [0.05, 0.1) is 0 Å². The van der Waals surface area contributed by atoms with Crippen molar-refractivity contribution in [2.45, 2.75) is 25.7 Å². The van der Waals surface area contributed by atoms with Gasteiger partial charge in [0.15, 0.2) is 5.03 Å². The van der Waals surface area contributed by atoms with Crippen molar-refractivity contribution in [2.24, 2.45) is 17.8 Å². The summed E-state index contributed by atoms with van der Waals surface area (Å²) in [6, 6.07) is 0. The van der Waals surface area contributed by atoms with Crippen molar-refractivity contribution in [3.8, 4) is 0 Å². The SMILES string of the molecule is I[B][B]OCC1C2C/C=C/CCCC21. The van der Waals surface area contributed by atoms with Gasteiger partial charge in [-0.05, 0) is 43.4 Å². The van der Waals surface area contributed by atoms with Crippen molar-refractivity contribution in [1.82, 2.24) is 0 Å². The Bertz CT molecular complexity index is 210. The molecule has 1 nitrogen and oxygen atoms in total. The Morgan fingerprint density at radius 1 is 1.36 bits per heavy atom. The molecule has 0 saturated heterocycles. The van der Waals surface area contributed by atoms with Gasteiger partial charge in [-0.2, -0.15) is 22.4 Å². The molecule has 1 saturated carbocycles. The van der Waals surface area contributed by atoms with Gasteiger partial charge in [0.2, 0.25) is 0 Å². The quantitative estimate of drug-likeness (QED) is 0.336. The Morgan fingerprint density at radius 3 is 3.14 bits per heavy atom. The summed E-state index contributed by atoms with van der Waals surface area (Å²) in [5.74, 6) is 2.72. The van der Waals surface area contributed by atoms with Crippen LogP contribution in [0.25, 0.3) is 0 Å². The van der Waals surface area contributed by atoms with E-state index in [9.17, 15) is 0 Å². The molecule has 0 N–H and O–H groups in total. The second-order valence-corrected chi connectivity index (χ2v) is 4.94. The second kappa shape index (κ2) is 5.59. The molecule has 2 aliphatic carbocycles. The van der Waals surface area contributed by atoms with Gasteiger partial charge in [-0.15, -0.1) is 0 Å². The maximum atomic E-state index is 5.47. The molecule has 0 aromatic rings. The number of rotatable bonds is 4. The van der Waals surface area contributed by atoms with Crippen LogP contribution in [0, 0.1) is 17.8 Å². The summed E-state index contributed by atoms with van der Waals surface area (Å²) in [6.07, 6.45) is 10.1. The minimum absolute atomic E-state index is 0.838. The molecule has 0 aliphatic heterocycles. The Kier molecular flexibility index (Phi) is 4.42. The van der Waals surface area contributed by atoms with Crippen LogP contribution in [0.15, 0.2) is 12.2 Å². The van der Waals surface area contributed by atoms with Crippen LogP contribution in [0.5, 0.6) is 0 Å². The topological polar surface area (TPSA) is 9.23 Å². The van der Waals surface area contributed by atoms with Crippen molar-refractivity contribution in [3.63, 3.8) is 0 Å². The zero-order valence-corrected chi connectivity index (χ0v) is 10.5. The van der Waals surface area contributed by atoms with Gasteiger partial charge in [0, 0.05) is 6.61 Å². The van der Waals surface area contributed by atoms with Gasteiger partial charge in [0.1, 0.15) is 0 Å². The van der Waals surface area contributed by atoms with Crippen LogP contribution in [-0.2, 0) is 4.65 Å². The number of allylic oxidation sites excluding steroid dienone is 2. The lowest BCUT2D eigenvalue weighted by Gasteiger charge is -2.00. The van der Waals surface area contributed by atoms with E-state index >= 15 is 0 Å². The fourth-order valence-electron chi connectivity index (χ4n) is 2.59. The van der Waals surface area contributed by atoms with E-state index in [4.69, 9.17) is 4.65 Å². The van der Waals surface area contributed by atoms with Crippen LogP contribution in [0.2, 0.25) is 0 Å². The Balaban J connectivity index is 1.72. The molecule has 0 aromatic heterocycles. The molecule has 3 atom stereocenters. The Labute approximate surface area is 101 Å². The first-order chi connectivity index (χ1) is 6.93. The van der Waals surface area contributed by atoms with E-state index < -0.39 is 0 Å². The minimum atomic E-state index is 0.838. The molecule has 74 valence electrons. The van der Waals surface area contributed by atoms with Crippen molar-refractivity contribution < 1.29 is 4.65 Å². The van der Waals surface area contributed by atoms with Gasteiger partial charge in [-0.25, -0.2) is 0 Å². The van der Waals surface area contributed by atoms with E-state index in [1.165, 1.54) is 25.7 Å². The molecule has 0 bridgehead atoms. The molecule has 0 amide bonds. The third-order valence-corrected chi connectivity index (χ3v) is 3.72. The summed E-state index contributed by atoms with van der Waals surface area (Å²) in [6.45, 7) is 0.933. The molecule has 14 heavy (non-hydrogen) atoms. The first kappa shape index (κ1) is 11.1. The standard InChI is InChI=1S/C10H15B2IO/c13-11-12-14-7-10-8-5-3-1-2-4-6-9(8)10/h1,3,8-10H,2,4-7H2/b3-1+. The molecule has 1 fully saturated rings. The number of hydrogen-bond donors (Lipinski definition) is 0. The van der Waals surface area contributed by atoms with Crippen LogP contribution in [-0.4, -0.2) is 19.0 Å². The first-order valence-corrected chi connectivity index (χ1v) is 6.70. The van der Waals surface area contributed by atoms with Crippen LogP contribution in [0.1, 0.15) is 25.7 Å². The summed E-state index contributed by atoms with van der Waals surface area (Å²) in [5, 5.41) is 1.93. The molecular formula is C10H15B2IO. The van der Waals surface area contributed by atoms with Crippen LogP contribution in [0.3, 0.4) is 0 Å². The van der Waals surface area contributed by atoms with Gasteiger partial charge in [0.25, 0.3) is 7.37 Å². The maximum absolute atomic E-state index is 5.47. The summed E-state index contributed by atoms with van der Waals surface area (Å²) in [7, 11) is 1.81. The molecule has 2 rings (SSSR count). The summed E-state index contributed by atoms with van der Waals surface area (Å²) in [4.78, 5) is 0. The highest BCUT2D eigenvalue weighted by Crippen LogP contribution is 2.52. The summed E-state index contributed by atoms with van der Waals surface area (Å²) < 4.78 is 5.47. The van der Waals surface area contributed by atoms with Crippen LogP contribution in [0.4, 0.5) is 0 Å². The largest absolute Gasteiger partial charge is 0.450 e. The van der Waals surface area contributed by atoms with Crippen molar-refractivity contribution in [3.05, 3.63) is 12.2 Å². The summed E-state index contributed by atoms with van der Waals surface area (Å²) >= 11 is 2.19. The van der Waals surface area contributed by atoms with E-state index in [1.807, 2.05) is 12.4 Å². The van der Waals surface area contributed by atoms with E-state index in [-0.39, 0.29) is 0 Å². The smallest absolute Gasteiger partial charge is 0.256 e. The monoisotopic (exact) mass is 300 g/mol. The lowest BCUT2D eigenvalue weighted by molar-refractivity contribution is 0.307. The minimum Gasteiger partial charge on any atom is -0.450 e. The van der Waals surface area contributed by atoms with E-state index in [1.54, 1.807) is 0 Å². The maximum Gasteiger partial charge on any atom is 0.256 e. The fraction of sp³-hybridized carbons (Fsp3) is 0.800. The zero-order valence-electron chi connectivity index (χ0n) is 8.36.